The SMILES string of the molecule is C=CC(=O)O.c1ccc(OCC2(c3ccccc3)CO2)cc1. The molecule has 4 heteroatoms. The normalized spacial score (nSPS) is 18.5. The summed E-state index contributed by atoms with van der Waals surface area (Å²) in [5.74, 6) is -0.0942. The Morgan fingerprint density at radius 2 is 1.68 bits per heavy atom. The number of hydrogen-bond donors (Lipinski definition) is 1. The van der Waals surface area contributed by atoms with Crippen LogP contribution >= 0.6 is 0 Å². The molecule has 1 fully saturated rings. The first-order valence-corrected chi connectivity index (χ1v) is 6.89. The predicted octanol–water partition coefficient (Wildman–Crippen LogP) is 3.25. The van der Waals surface area contributed by atoms with E-state index in [9.17, 15) is 4.79 Å². The molecule has 22 heavy (non-hydrogen) atoms. The quantitative estimate of drug-likeness (QED) is 0.680. The summed E-state index contributed by atoms with van der Waals surface area (Å²) in [7, 11) is 0. The van der Waals surface area contributed by atoms with Crippen LogP contribution in [0.2, 0.25) is 0 Å². The highest BCUT2D eigenvalue weighted by atomic mass is 16.6. The Hall–Kier alpha value is -2.59. The van der Waals surface area contributed by atoms with Crippen LogP contribution in [0.3, 0.4) is 0 Å². The zero-order valence-corrected chi connectivity index (χ0v) is 12.1. The molecule has 1 aliphatic heterocycles. The van der Waals surface area contributed by atoms with Gasteiger partial charge in [0.05, 0.1) is 6.61 Å². The van der Waals surface area contributed by atoms with Crippen LogP contribution in [0.1, 0.15) is 5.56 Å². The van der Waals surface area contributed by atoms with Gasteiger partial charge in [-0.2, -0.15) is 0 Å². The number of epoxide rings is 1. The number of benzene rings is 2. The number of carboxylic acid groups (broad SMARTS) is 1. The molecule has 1 aliphatic rings. The molecule has 1 N–H and O–H groups in total. The van der Waals surface area contributed by atoms with Crippen molar-refractivity contribution >= 4 is 5.97 Å². The Bertz CT molecular complexity index is 603. The fourth-order valence-corrected chi connectivity index (χ4v) is 1.88. The number of carboxylic acids is 1. The molecule has 2 aromatic carbocycles. The third kappa shape index (κ3) is 4.46. The van der Waals surface area contributed by atoms with E-state index in [1.54, 1.807) is 0 Å². The highest BCUT2D eigenvalue weighted by Gasteiger charge is 2.47. The second-order valence-electron chi connectivity index (χ2n) is 4.79. The Morgan fingerprint density at radius 3 is 2.14 bits per heavy atom. The van der Waals surface area contributed by atoms with Gasteiger partial charge in [-0.15, -0.1) is 0 Å². The summed E-state index contributed by atoms with van der Waals surface area (Å²) in [4.78, 5) is 9.25. The molecule has 0 aromatic heterocycles. The zero-order chi connectivity index (χ0) is 15.8. The minimum absolute atomic E-state index is 0.225. The van der Waals surface area contributed by atoms with E-state index in [0.29, 0.717) is 6.61 Å². The molecule has 3 rings (SSSR count). The summed E-state index contributed by atoms with van der Waals surface area (Å²) in [5.41, 5.74) is 0.966. The molecule has 0 radical (unpaired) electrons. The average Bonchev–Trinajstić information content (AvgIpc) is 3.37. The lowest BCUT2D eigenvalue weighted by atomic mass is 10.0. The smallest absolute Gasteiger partial charge is 0.327 e. The largest absolute Gasteiger partial charge is 0.490 e. The van der Waals surface area contributed by atoms with Gasteiger partial charge in [0.15, 0.2) is 5.60 Å². The molecule has 0 aliphatic carbocycles. The second-order valence-corrected chi connectivity index (χ2v) is 4.79. The van der Waals surface area contributed by atoms with Gasteiger partial charge in [0.25, 0.3) is 0 Å². The van der Waals surface area contributed by atoms with Crippen molar-refractivity contribution in [2.45, 2.75) is 5.60 Å². The molecule has 0 amide bonds. The maximum atomic E-state index is 9.25. The van der Waals surface area contributed by atoms with Crippen molar-refractivity contribution in [3.63, 3.8) is 0 Å². The number of carbonyl (C=O) groups is 1. The molecule has 1 heterocycles. The fraction of sp³-hybridized carbons (Fsp3) is 0.167. The van der Waals surface area contributed by atoms with Crippen LogP contribution in [-0.4, -0.2) is 24.3 Å². The van der Waals surface area contributed by atoms with E-state index in [1.165, 1.54) is 5.56 Å². The Balaban J connectivity index is 0.000000309. The first-order chi connectivity index (χ1) is 10.7. The lowest BCUT2D eigenvalue weighted by molar-refractivity contribution is -0.131. The molecule has 1 unspecified atom stereocenters. The highest BCUT2D eigenvalue weighted by molar-refractivity contribution is 5.78. The van der Waals surface area contributed by atoms with E-state index in [-0.39, 0.29) is 5.60 Å². The highest BCUT2D eigenvalue weighted by Crippen LogP contribution is 2.38. The van der Waals surface area contributed by atoms with E-state index in [4.69, 9.17) is 14.6 Å². The molecule has 2 aromatic rings. The van der Waals surface area contributed by atoms with Gasteiger partial charge in [-0.25, -0.2) is 4.79 Å². The number of aliphatic carboxylic acids is 1. The number of para-hydroxylation sites is 1. The summed E-state index contributed by atoms with van der Waals surface area (Å²) in [6.45, 7) is 4.27. The first-order valence-electron chi connectivity index (χ1n) is 6.89. The van der Waals surface area contributed by atoms with Gasteiger partial charge in [-0.3, -0.25) is 0 Å². The molecule has 114 valence electrons. The standard InChI is InChI=1S/C15H14O2.C3H4O2/c1-3-7-13(8-4-1)15(12-17-15)11-16-14-9-5-2-6-10-14;1-2-3(4)5/h1-10H,11-12H2;2H,1H2,(H,4,5). The van der Waals surface area contributed by atoms with Gasteiger partial charge in [-0.1, -0.05) is 55.1 Å². The van der Waals surface area contributed by atoms with Gasteiger partial charge in [0.2, 0.25) is 0 Å². The molecule has 0 spiro atoms. The van der Waals surface area contributed by atoms with E-state index >= 15 is 0 Å². The molecule has 0 bridgehead atoms. The molecule has 0 saturated carbocycles. The van der Waals surface area contributed by atoms with Crippen molar-refractivity contribution in [1.29, 1.82) is 0 Å². The molecular formula is C18H18O4. The van der Waals surface area contributed by atoms with Gasteiger partial charge < -0.3 is 14.6 Å². The Kier molecular flexibility index (Phi) is 5.33. The summed E-state index contributed by atoms with van der Waals surface area (Å²) in [6.07, 6.45) is 0.833. The number of ether oxygens (including phenoxy) is 2. The Labute approximate surface area is 129 Å². The van der Waals surface area contributed by atoms with E-state index in [1.807, 2.05) is 48.5 Å². The minimum atomic E-state index is -0.981. The second kappa shape index (κ2) is 7.43. The molecule has 4 nitrogen and oxygen atoms in total. The van der Waals surface area contributed by atoms with Crippen molar-refractivity contribution in [3.8, 4) is 5.75 Å². The summed E-state index contributed by atoms with van der Waals surface area (Å²) in [6, 6.07) is 20.1. The summed E-state index contributed by atoms with van der Waals surface area (Å²) < 4.78 is 11.3. The van der Waals surface area contributed by atoms with Crippen molar-refractivity contribution in [3.05, 3.63) is 78.9 Å². The van der Waals surface area contributed by atoms with Crippen molar-refractivity contribution in [2.75, 3.05) is 13.2 Å². The molecule has 1 saturated heterocycles. The van der Waals surface area contributed by atoms with Crippen LogP contribution in [0.25, 0.3) is 0 Å². The van der Waals surface area contributed by atoms with E-state index in [2.05, 4.69) is 18.7 Å². The van der Waals surface area contributed by atoms with Gasteiger partial charge >= 0.3 is 5.97 Å². The van der Waals surface area contributed by atoms with Crippen LogP contribution in [0, 0.1) is 0 Å². The van der Waals surface area contributed by atoms with Crippen LogP contribution in [0.4, 0.5) is 0 Å². The first kappa shape index (κ1) is 15.8. The lowest BCUT2D eigenvalue weighted by Gasteiger charge is -2.13. The Morgan fingerprint density at radius 1 is 1.18 bits per heavy atom. The maximum absolute atomic E-state index is 9.25. The van der Waals surface area contributed by atoms with Gasteiger partial charge in [0, 0.05) is 6.08 Å². The zero-order valence-electron chi connectivity index (χ0n) is 12.1. The van der Waals surface area contributed by atoms with E-state index in [0.717, 1.165) is 18.4 Å². The van der Waals surface area contributed by atoms with Crippen LogP contribution in [0.5, 0.6) is 5.75 Å². The summed E-state index contributed by atoms with van der Waals surface area (Å²) >= 11 is 0. The average molecular weight is 298 g/mol. The van der Waals surface area contributed by atoms with Crippen molar-refractivity contribution in [1.82, 2.24) is 0 Å². The van der Waals surface area contributed by atoms with E-state index < -0.39 is 5.97 Å². The summed E-state index contributed by atoms with van der Waals surface area (Å²) in [5, 5.41) is 7.60. The number of rotatable bonds is 5. The van der Waals surface area contributed by atoms with Crippen molar-refractivity contribution < 1.29 is 19.4 Å². The monoisotopic (exact) mass is 298 g/mol. The van der Waals surface area contributed by atoms with Gasteiger partial charge in [0.1, 0.15) is 12.4 Å². The van der Waals surface area contributed by atoms with Crippen molar-refractivity contribution in [2.24, 2.45) is 0 Å². The fourth-order valence-electron chi connectivity index (χ4n) is 1.88. The maximum Gasteiger partial charge on any atom is 0.327 e. The number of hydrogen-bond acceptors (Lipinski definition) is 3. The topological polar surface area (TPSA) is 59.1 Å². The molecular weight excluding hydrogens is 280 g/mol. The van der Waals surface area contributed by atoms with Crippen LogP contribution in [-0.2, 0) is 15.1 Å². The molecule has 1 atom stereocenters. The lowest BCUT2D eigenvalue weighted by Crippen LogP contribution is -2.19. The van der Waals surface area contributed by atoms with Crippen LogP contribution in [0.15, 0.2) is 73.3 Å². The third-order valence-corrected chi connectivity index (χ3v) is 3.18. The van der Waals surface area contributed by atoms with Gasteiger partial charge in [-0.05, 0) is 17.7 Å². The minimum Gasteiger partial charge on any atom is -0.490 e. The predicted molar refractivity (Wildman–Crippen MR) is 83.8 cm³/mol. The third-order valence-electron chi connectivity index (χ3n) is 3.18. The van der Waals surface area contributed by atoms with Crippen LogP contribution < -0.4 is 4.74 Å².